The number of hydrogen-bond acceptors (Lipinski definition) is 1. The average Bonchev–Trinajstić information content (AvgIpc) is 2.35. The fourth-order valence-electron chi connectivity index (χ4n) is 2.33. The van der Waals surface area contributed by atoms with Gasteiger partial charge in [0.25, 0.3) is 0 Å². The van der Waals surface area contributed by atoms with Crippen LogP contribution in [0, 0.1) is 20.8 Å². The van der Waals surface area contributed by atoms with Gasteiger partial charge in [-0.2, -0.15) is 0 Å². The van der Waals surface area contributed by atoms with Crippen LogP contribution in [0.2, 0.25) is 0 Å². The molecule has 1 unspecified atom stereocenters. The third kappa shape index (κ3) is 3.38. The van der Waals surface area contributed by atoms with Crippen molar-refractivity contribution >= 4 is 21.6 Å². The summed E-state index contributed by atoms with van der Waals surface area (Å²) in [5.41, 5.74) is 6.45. The highest BCUT2D eigenvalue weighted by molar-refractivity contribution is 9.10. The van der Waals surface area contributed by atoms with E-state index in [9.17, 15) is 0 Å². The van der Waals surface area contributed by atoms with Gasteiger partial charge in [0.1, 0.15) is 0 Å². The molecule has 0 saturated heterocycles. The first kappa shape index (κ1) is 14.1. The second-order valence-electron chi connectivity index (χ2n) is 5.19. The van der Waals surface area contributed by atoms with Crippen molar-refractivity contribution in [1.82, 2.24) is 0 Å². The second kappa shape index (κ2) is 5.79. The van der Waals surface area contributed by atoms with Crippen molar-refractivity contribution in [2.24, 2.45) is 0 Å². The van der Waals surface area contributed by atoms with Crippen LogP contribution in [0.4, 0.5) is 5.69 Å². The zero-order valence-corrected chi connectivity index (χ0v) is 13.5. The zero-order chi connectivity index (χ0) is 14.0. The highest BCUT2D eigenvalue weighted by Gasteiger charge is 2.09. The summed E-state index contributed by atoms with van der Waals surface area (Å²) >= 11 is 3.50. The first-order valence-corrected chi connectivity index (χ1v) is 7.36. The SMILES string of the molecule is Cc1ccc(C)c(C(C)Nc2ccc(Br)cc2C)c1. The molecule has 2 aromatic carbocycles. The summed E-state index contributed by atoms with van der Waals surface area (Å²) in [7, 11) is 0. The van der Waals surface area contributed by atoms with Gasteiger partial charge in [-0.3, -0.25) is 0 Å². The molecule has 19 heavy (non-hydrogen) atoms. The topological polar surface area (TPSA) is 12.0 Å². The highest BCUT2D eigenvalue weighted by atomic mass is 79.9. The van der Waals surface area contributed by atoms with E-state index in [-0.39, 0.29) is 0 Å². The van der Waals surface area contributed by atoms with Gasteiger partial charge in [-0.25, -0.2) is 0 Å². The van der Waals surface area contributed by atoms with Gasteiger partial charge in [-0.1, -0.05) is 39.7 Å². The molecule has 0 aromatic heterocycles. The summed E-state index contributed by atoms with van der Waals surface area (Å²) in [5.74, 6) is 0. The highest BCUT2D eigenvalue weighted by Crippen LogP contribution is 2.26. The first-order valence-electron chi connectivity index (χ1n) is 6.57. The van der Waals surface area contributed by atoms with Crippen molar-refractivity contribution in [2.75, 3.05) is 5.32 Å². The quantitative estimate of drug-likeness (QED) is 0.782. The van der Waals surface area contributed by atoms with E-state index < -0.39 is 0 Å². The number of rotatable bonds is 3. The molecule has 0 saturated carbocycles. The number of anilines is 1. The molecule has 1 atom stereocenters. The van der Waals surface area contributed by atoms with E-state index in [1.807, 2.05) is 0 Å². The first-order chi connectivity index (χ1) is 8.97. The number of hydrogen-bond donors (Lipinski definition) is 1. The van der Waals surface area contributed by atoms with Crippen LogP contribution in [0.25, 0.3) is 0 Å². The maximum atomic E-state index is 3.60. The molecule has 0 aliphatic carbocycles. The van der Waals surface area contributed by atoms with Gasteiger partial charge in [0, 0.05) is 16.2 Å². The zero-order valence-electron chi connectivity index (χ0n) is 11.9. The van der Waals surface area contributed by atoms with Gasteiger partial charge in [0.05, 0.1) is 0 Å². The molecule has 0 radical (unpaired) electrons. The van der Waals surface area contributed by atoms with Crippen molar-refractivity contribution < 1.29 is 0 Å². The van der Waals surface area contributed by atoms with E-state index in [0.29, 0.717) is 6.04 Å². The Morgan fingerprint density at radius 1 is 0.947 bits per heavy atom. The summed E-state index contributed by atoms with van der Waals surface area (Å²) in [4.78, 5) is 0. The monoisotopic (exact) mass is 317 g/mol. The van der Waals surface area contributed by atoms with Crippen molar-refractivity contribution in [3.05, 3.63) is 63.1 Å². The molecule has 100 valence electrons. The van der Waals surface area contributed by atoms with Crippen molar-refractivity contribution in [3.8, 4) is 0 Å². The van der Waals surface area contributed by atoms with Gasteiger partial charge in [0.15, 0.2) is 0 Å². The largest absolute Gasteiger partial charge is 0.378 e. The lowest BCUT2D eigenvalue weighted by Crippen LogP contribution is -2.09. The van der Waals surface area contributed by atoms with Crippen molar-refractivity contribution in [1.29, 1.82) is 0 Å². The second-order valence-corrected chi connectivity index (χ2v) is 6.10. The normalized spacial score (nSPS) is 12.3. The number of nitrogens with one attached hydrogen (secondary N) is 1. The van der Waals surface area contributed by atoms with E-state index in [1.165, 1.54) is 27.9 Å². The third-order valence-electron chi connectivity index (χ3n) is 3.46. The summed E-state index contributed by atoms with van der Waals surface area (Å²) in [6.45, 7) is 8.65. The maximum Gasteiger partial charge on any atom is 0.0488 e. The molecule has 1 nitrogen and oxygen atoms in total. The molecule has 0 heterocycles. The minimum atomic E-state index is 0.305. The Morgan fingerprint density at radius 2 is 1.68 bits per heavy atom. The lowest BCUT2D eigenvalue weighted by molar-refractivity contribution is 0.870. The predicted octanol–water partition coefficient (Wildman–Crippen LogP) is 5.55. The molecule has 0 bridgehead atoms. The third-order valence-corrected chi connectivity index (χ3v) is 3.95. The van der Waals surface area contributed by atoms with Crippen LogP contribution in [-0.2, 0) is 0 Å². The van der Waals surface area contributed by atoms with Crippen LogP contribution in [0.5, 0.6) is 0 Å². The molecular formula is C17H20BrN. The standard InChI is InChI=1S/C17H20BrN/c1-11-5-6-12(2)16(9-11)14(4)19-17-8-7-15(18)10-13(17)3/h5-10,14,19H,1-4H3. The molecule has 2 heteroatoms. The number of halogens is 1. The maximum absolute atomic E-state index is 3.60. The average molecular weight is 318 g/mol. The Hall–Kier alpha value is -1.28. The van der Waals surface area contributed by atoms with Crippen LogP contribution in [0.3, 0.4) is 0 Å². The number of benzene rings is 2. The Morgan fingerprint density at radius 3 is 2.37 bits per heavy atom. The predicted molar refractivity (Wildman–Crippen MR) is 86.8 cm³/mol. The van der Waals surface area contributed by atoms with Gasteiger partial charge in [0.2, 0.25) is 0 Å². The van der Waals surface area contributed by atoms with Gasteiger partial charge >= 0.3 is 0 Å². The smallest absolute Gasteiger partial charge is 0.0488 e. The van der Waals surface area contributed by atoms with Crippen molar-refractivity contribution in [3.63, 3.8) is 0 Å². The summed E-state index contributed by atoms with van der Waals surface area (Å²) in [6, 6.07) is 13.3. The van der Waals surface area contributed by atoms with E-state index in [1.54, 1.807) is 0 Å². The molecule has 0 spiro atoms. The molecule has 1 N–H and O–H groups in total. The van der Waals surface area contributed by atoms with E-state index in [4.69, 9.17) is 0 Å². The minimum absolute atomic E-state index is 0.305. The van der Waals surface area contributed by atoms with Crippen LogP contribution in [0.15, 0.2) is 40.9 Å². The fraction of sp³-hybridized carbons (Fsp3) is 0.294. The molecule has 0 aliphatic heterocycles. The van der Waals surface area contributed by atoms with Gasteiger partial charge < -0.3 is 5.32 Å². The summed E-state index contributed by atoms with van der Waals surface area (Å²) < 4.78 is 1.12. The van der Waals surface area contributed by atoms with Gasteiger partial charge in [-0.05, 0) is 62.6 Å². The Balaban J connectivity index is 2.25. The van der Waals surface area contributed by atoms with E-state index in [2.05, 4.69) is 85.3 Å². The Bertz CT molecular complexity index is 590. The molecule has 0 aliphatic rings. The van der Waals surface area contributed by atoms with Crippen LogP contribution >= 0.6 is 15.9 Å². The Kier molecular flexibility index (Phi) is 4.31. The van der Waals surface area contributed by atoms with Crippen molar-refractivity contribution in [2.45, 2.75) is 33.7 Å². The van der Waals surface area contributed by atoms with Crippen LogP contribution < -0.4 is 5.32 Å². The Labute approximate surface area is 124 Å². The van der Waals surface area contributed by atoms with Crippen LogP contribution in [-0.4, -0.2) is 0 Å². The van der Waals surface area contributed by atoms with Crippen LogP contribution in [0.1, 0.15) is 35.2 Å². The van der Waals surface area contributed by atoms with Gasteiger partial charge in [-0.15, -0.1) is 0 Å². The molecule has 2 aromatic rings. The summed E-state index contributed by atoms with van der Waals surface area (Å²) in [5, 5.41) is 3.60. The van der Waals surface area contributed by atoms with E-state index >= 15 is 0 Å². The summed E-state index contributed by atoms with van der Waals surface area (Å²) in [6.07, 6.45) is 0. The minimum Gasteiger partial charge on any atom is -0.378 e. The molecule has 2 rings (SSSR count). The molecular weight excluding hydrogens is 298 g/mol. The fourth-order valence-corrected chi connectivity index (χ4v) is 2.80. The van der Waals surface area contributed by atoms with E-state index in [0.717, 1.165) is 4.47 Å². The molecule has 0 amide bonds. The number of aryl methyl sites for hydroxylation is 3. The molecule has 0 fully saturated rings. The lowest BCUT2D eigenvalue weighted by Gasteiger charge is -2.20. The lowest BCUT2D eigenvalue weighted by atomic mass is 9.99.